The van der Waals surface area contributed by atoms with Gasteiger partial charge >= 0.3 is 0 Å². The predicted molar refractivity (Wildman–Crippen MR) is 135 cm³/mol. The number of hydrogen-bond acceptors (Lipinski definition) is 2. The van der Waals surface area contributed by atoms with Crippen molar-refractivity contribution in [3.05, 3.63) is 11.1 Å². The van der Waals surface area contributed by atoms with E-state index in [2.05, 4.69) is 46.9 Å². The molecular formula is C30H49NO2. The Kier molecular flexibility index (Phi) is 5.67. The maximum Gasteiger partial charge on any atom is 0.220 e. The van der Waals surface area contributed by atoms with E-state index in [0.29, 0.717) is 35.1 Å². The van der Waals surface area contributed by atoms with Crippen LogP contribution in [0.4, 0.5) is 0 Å². The zero-order valence-corrected chi connectivity index (χ0v) is 22.2. The van der Waals surface area contributed by atoms with Crippen molar-refractivity contribution >= 4 is 5.91 Å². The van der Waals surface area contributed by atoms with E-state index in [0.717, 1.165) is 25.2 Å². The largest absolute Gasteiger partial charge is 0.393 e. The molecule has 5 aliphatic carbocycles. The molecule has 3 nitrogen and oxygen atoms in total. The lowest BCUT2D eigenvalue weighted by Gasteiger charge is -2.62. The fourth-order valence-electron chi connectivity index (χ4n) is 9.72. The average molecular weight is 456 g/mol. The molecule has 1 amide bonds. The molecule has 2 N–H and O–H groups in total. The highest BCUT2D eigenvalue weighted by Gasteiger charge is 2.63. The van der Waals surface area contributed by atoms with Gasteiger partial charge in [-0.05, 0) is 110 Å². The molecule has 0 spiro atoms. The van der Waals surface area contributed by atoms with Crippen molar-refractivity contribution < 1.29 is 9.90 Å². The van der Waals surface area contributed by atoms with Gasteiger partial charge in [0.25, 0.3) is 0 Å². The normalized spacial score (nSPS) is 45.1. The Morgan fingerprint density at radius 1 is 0.970 bits per heavy atom. The van der Waals surface area contributed by atoms with Crippen molar-refractivity contribution in [2.45, 2.75) is 131 Å². The molecule has 5 aliphatic rings. The van der Waals surface area contributed by atoms with Gasteiger partial charge in [-0.3, -0.25) is 4.79 Å². The first-order chi connectivity index (χ1) is 15.4. The van der Waals surface area contributed by atoms with E-state index in [1.165, 1.54) is 51.4 Å². The number of rotatable bonds is 5. The summed E-state index contributed by atoms with van der Waals surface area (Å²) in [5.74, 6) is 2.21. The van der Waals surface area contributed by atoms with Crippen LogP contribution in [0.3, 0.4) is 0 Å². The van der Waals surface area contributed by atoms with E-state index in [1.54, 1.807) is 5.57 Å². The van der Waals surface area contributed by atoms with E-state index in [-0.39, 0.29) is 22.8 Å². The third kappa shape index (κ3) is 3.49. The molecular weight excluding hydrogens is 406 g/mol. The molecule has 3 saturated carbocycles. The first kappa shape index (κ1) is 23.9. The van der Waals surface area contributed by atoms with Gasteiger partial charge in [0.1, 0.15) is 0 Å². The van der Waals surface area contributed by atoms with Crippen LogP contribution in [0.1, 0.15) is 119 Å². The van der Waals surface area contributed by atoms with Crippen LogP contribution in [0.15, 0.2) is 11.1 Å². The molecule has 3 fully saturated rings. The van der Waals surface area contributed by atoms with Gasteiger partial charge in [-0.1, -0.05) is 52.7 Å². The molecule has 0 radical (unpaired) electrons. The fourth-order valence-corrected chi connectivity index (χ4v) is 9.72. The second-order valence-corrected chi connectivity index (χ2v) is 14.1. The maximum atomic E-state index is 12.3. The van der Waals surface area contributed by atoms with E-state index in [9.17, 15) is 9.90 Å². The van der Waals surface area contributed by atoms with E-state index >= 15 is 0 Å². The Labute approximate surface area is 202 Å². The van der Waals surface area contributed by atoms with Crippen LogP contribution in [-0.2, 0) is 4.79 Å². The number of fused-ring (bicyclic) bond motifs is 4. The molecule has 33 heavy (non-hydrogen) atoms. The lowest BCUT2D eigenvalue weighted by molar-refractivity contribution is -0.121. The number of aliphatic hydroxyl groups is 1. The summed E-state index contributed by atoms with van der Waals surface area (Å²) in [4.78, 5) is 12.3. The summed E-state index contributed by atoms with van der Waals surface area (Å²) in [6.07, 6.45) is 13.7. The Balaban J connectivity index is 1.38. The van der Waals surface area contributed by atoms with Crippen LogP contribution in [0.25, 0.3) is 0 Å². The Bertz CT molecular complexity index is 840. The lowest BCUT2D eigenvalue weighted by Crippen LogP contribution is -2.55. The Morgan fingerprint density at radius 2 is 1.70 bits per heavy atom. The lowest BCUT2D eigenvalue weighted by atomic mass is 9.43. The van der Waals surface area contributed by atoms with Crippen LogP contribution in [0, 0.1) is 39.4 Å². The van der Waals surface area contributed by atoms with E-state index in [1.807, 2.05) is 5.57 Å². The van der Waals surface area contributed by atoms with Gasteiger partial charge in [0.15, 0.2) is 0 Å². The number of allylic oxidation sites excluding steroid dienone is 2. The minimum Gasteiger partial charge on any atom is -0.393 e. The number of aliphatic hydroxyl groups excluding tert-OH is 1. The summed E-state index contributed by atoms with van der Waals surface area (Å²) >= 11 is 0. The van der Waals surface area contributed by atoms with Crippen molar-refractivity contribution in [1.82, 2.24) is 5.32 Å². The molecule has 0 heterocycles. The fraction of sp³-hybridized carbons (Fsp3) is 0.900. The van der Waals surface area contributed by atoms with Gasteiger partial charge in [0.2, 0.25) is 5.91 Å². The number of hydrogen-bond donors (Lipinski definition) is 2. The van der Waals surface area contributed by atoms with Crippen LogP contribution in [-0.4, -0.2) is 23.2 Å². The molecule has 0 bridgehead atoms. The van der Waals surface area contributed by atoms with E-state index < -0.39 is 0 Å². The minimum absolute atomic E-state index is 0.0148. The molecule has 0 aromatic rings. The molecule has 0 aromatic carbocycles. The van der Waals surface area contributed by atoms with Crippen molar-refractivity contribution in [2.24, 2.45) is 39.4 Å². The van der Waals surface area contributed by atoms with Gasteiger partial charge in [0.05, 0.1) is 6.10 Å². The molecule has 0 aromatic heterocycles. The number of carbonyl (C=O) groups excluding carboxylic acids is 1. The molecule has 1 unspecified atom stereocenters. The highest BCUT2D eigenvalue weighted by atomic mass is 16.3. The smallest absolute Gasteiger partial charge is 0.220 e. The van der Waals surface area contributed by atoms with Crippen molar-refractivity contribution in [3.63, 3.8) is 0 Å². The Morgan fingerprint density at radius 3 is 2.39 bits per heavy atom. The van der Waals surface area contributed by atoms with Crippen LogP contribution >= 0.6 is 0 Å². The molecule has 5 rings (SSSR count). The number of amides is 1. The van der Waals surface area contributed by atoms with Crippen LogP contribution < -0.4 is 5.32 Å². The third-order valence-electron chi connectivity index (χ3n) is 12.3. The van der Waals surface area contributed by atoms with Gasteiger partial charge in [0, 0.05) is 12.5 Å². The minimum atomic E-state index is -0.156. The topological polar surface area (TPSA) is 49.3 Å². The van der Waals surface area contributed by atoms with Gasteiger partial charge < -0.3 is 10.4 Å². The molecule has 7 atom stereocenters. The monoisotopic (exact) mass is 455 g/mol. The Hall–Kier alpha value is -0.830. The zero-order valence-electron chi connectivity index (χ0n) is 22.2. The van der Waals surface area contributed by atoms with Gasteiger partial charge in [-0.2, -0.15) is 0 Å². The van der Waals surface area contributed by atoms with Crippen molar-refractivity contribution in [1.29, 1.82) is 0 Å². The quantitative estimate of drug-likeness (QED) is 0.448. The number of carbonyl (C=O) groups is 1. The van der Waals surface area contributed by atoms with Crippen molar-refractivity contribution in [3.8, 4) is 0 Å². The summed E-state index contributed by atoms with van der Waals surface area (Å²) in [7, 11) is 0. The molecule has 3 heteroatoms. The maximum absolute atomic E-state index is 12.3. The highest BCUT2D eigenvalue weighted by Crippen LogP contribution is 2.72. The molecule has 0 saturated heterocycles. The summed E-state index contributed by atoms with van der Waals surface area (Å²) in [6.45, 7) is 14.9. The average Bonchev–Trinajstić information content (AvgIpc) is 3.51. The van der Waals surface area contributed by atoms with Crippen molar-refractivity contribution in [2.75, 3.05) is 0 Å². The summed E-state index contributed by atoms with van der Waals surface area (Å²) < 4.78 is 0. The zero-order chi connectivity index (χ0) is 23.8. The molecule has 0 aliphatic heterocycles. The first-order valence-corrected chi connectivity index (χ1v) is 14.1. The van der Waals surface area contributed by atoms with Crippen LogP contribution in [0.2, 0.25) is 0 Å². The number of nitrogens with one attached hydrogen (secondary N) is 1. The SMILES string of the molecule is C[C@H](CCC(=O)NC1CC1)[C@H]1CC[C@@]2(C)C3=C(CC[C@]12C)[C@@]1(C)CCC(O)C(C)(C)[C@@H]1CC3. The van der Waals surface area contributed by atoms with Gasteiger partial charge in [-0.25, -0.2) is 0 Å². The standard InChI is InChI=1S/C30H49NO2/c1-19(7-12-26(33)31-20-8-9-20)21-13-17-30(6)23-10-11-24-27(2,3)25(32)15-16-28(24,4)22(23)14-18-29(21,30)5/h19-21,24-25,32H,7-18H2,1-6H3,(H,31,33)/t19-,21-,24+,25?,28-,29-,30+/m1/s1. The van der Waals surface area contributed by atoms with E-state index in [4.69, 9.17) is 0 Å². The summed E-state index contributed by atoms with van der Waals surface area (Å²) in [6, 6.07) is 0.478. The summed E-state index contributed by atoms with van der Waals surface area (Å²) in [5.41, 5.74) is 4.57. The summed E-state index contributed by atoms with van der Waals surface area (Å²) in [5, 5.41) is 14.0. The highest BCUT2D eigenvalue weighted by molar-refractivity contribution is 5.76. The van der Waals surface area contributed by atoms with Gasteiger partial charge in [-0.15, -0.1) is 0 Å². The second-order valence-electron chi connectivity index (χ2n) is 14.1. The third-order valence-corrected chi connectivity index (χ3v) is 12.3. The second kappa shape index (κ2) is 7.84. The predicted octanol–water partition coefficient (Wildman–Crippen LogP) is 6.79. The van der Waals surface area contributed by atoms with Crippen LogP contribution in [0.5, 0.6) is 0 Å². The first-order valence-electron chi connectivity index (χ1n) is 14.1. The molecule has 186 valence electrons.